The molecule has 0 aromatic heterocycles. The fourth-order valence-corrected chi connectivity index (χ4v) is 7.55. The highest BCUT2D eigenvalue weighted by Gasteiger charge is 2.47. The van der Waals surface area contributed by atoms with Gasteiger partial charge in [0.2, 0.25) is 0 Å². The van der Waals surface area contributed by atoms with E-state index in [0.717, 1.165) is 33.0 Å². The number of aliphatic hydroxyl groups excluding tert-OH is 2. The van der Waals surface area contributed by atoms with E-state index in [1.807, 2.05) is 26.0 Å². The maximum absolute atomic E-state index is 9.70. The van der Waals surface area contributed by atoms with Crippen LogP contribution in [-0.2, 0) is 14.9 Å². The third kappa shape index (κ3) is 6.61. The van der Waals surface area contributed by atoms with Gasteiger partial charge >= 0.3 is 0 Å². The van der Waals surface area contributed by atoms with Crippen LogP contribution in [0.4, 0.5) is 0 Å². The number of hydrogen-bond acceptors (Lipinski definition) is 6. The molecule has 6 heteroatoms. The van der Waals surface area contributed by atoms with Crippen molar-refractivity contribution < 1.29 is 29.2 Å². The van der Waals surface area contributed by atoms with Crippen LogP contribution in [-0.4, -0.2) is 61.1 Å². The number of hydrogen-bond donors (Lipinski definition) is 2. The molecule has 262 valence electrons. The Bertz CT molecular complexity index is 1980. The summed E-state index contributed by atoms with van der Waals surface area (Å²) >= 11 is 0. The zero-order valence-electron chi connectivity index (χ0n) is 29.7. The van der Waals surface area contributed by atoms with E-state index >= 15 is 0 Å². The smallest absolute Gasteiger partial charge is 0.127 e. The summed E-state index contributed by atoms with van der Waals surface area (Å²) < 4.78 is 24.4. The summed E-state index contributed by atoms with van der Waals surface area (Å²) in [6.45, 7) is 8.61. The fourth-order valence-electron chi connectivity index (χ4n) is 7.55. The first kappa shape index (κ1) is 34.7. The lowest BCUT2D eigenvalue weighted by atomic mass is 9.65. The summed E-state index contributed by atoms with van der Waals surface area (Å²) in [5.41, 5.74) is 6.56. The van der Waals surface area contributed by atoms with Crippen molar-refractivity contribution in [3.05, 3.63) is 144 Å². The number of fused-ring (bicyclic) bond motifs is 5. The largest absolute Gasteiger partial charge is 0.490 e. The van der Waals surface area contributed by atoms with Crippen LogP contribution in [0.1, 0.15) is 49.9 Å². The predicted molar refractivity (Wildman–Crippen MR) is 204 cm³/mol. The Morgan fingerprint density at radius 1 is 0.431 bits per heavy atom. The molecule has 6 aromatic rings. The van der Waals surface area contributed by atoms with E-state index < -0.39 is 17.6 Å². The van der Waals surface area contributed by atoms with Crippen LogP contribution < -0.4 is 9.47 Å². The average Bonchev–Trinajstić information content (AvgIpc) is 3.44. The molecule has 6 aromatic carbocycles. The minimum absolute atomic E-state index is 0.183. The molecule has 0 radical (unpaired) electrons. The summed E-state index contributed by atoms with van der Waals surface area (Å²) in [4.78, 5) is 0. The van der Waals surface area contributed by atoms with Crippen molar-refractivity contribution in [3.8, 4) is 22.6 Å². The Balaban J connectivity index is 1.41. The molecule has 0 saturated heterocycles. The zero-order valence-corrected chi connectivity index (χ0v) is 29.7. The molecule has 51 heavy (non-hydrogen) atoms. The highest BCUT2D eigenvalue weighted by molar-refractivity contribution is 6.00. The third-order valence-electron chi connectivity index (χ3n) is 9.72. The molecule has 0 saturated carbocycles. The van der Waals surface area contributed by atoms with E-state index in [4.69, 9.17) is 18.9 Å². The van der Waals surface area contributed by atoms with Crippen LogP contribution in [0, 0.1) is 0 Å². The molecule has 7 rings (SSSR count). The topological polar surface area (TPSA) is 77.4 Å². The molecule has 1 aliphatic rings. The molecule has 0 bridgehead atoms. The van der Waals surface area contributed by atoms with Gasteiger partial charge in [-0.15, -0.1) is 0 Å². The highest BCUT2D eigenvalue weighted by atomic mass is 16.5. The van der Waals surface area contributed by atoms with Gasteiger partial charge in [0, 0.05) is 10.8 Å². The van der Waals surface area contributed by atoms with Crippen LogP contribution in [0.2, 0.25) is 0 Å². The summed E-state index contributed by atoms with van der Waals surface area (Å²) in [7, 11) is 0. The third-order valence-corrected chi connectivity index (χ3v) is 9.72. The molecule has 0 amide bonds. The molecular weight excluding hydrogens is 636 g/mol. The summed E-state index contributed by atoms with van der Waals surface area (Å²) in [5, 5.41) is 23.7. The van der Waals surface area contributed by atoms with Gasteiger partial charge in [0.05, 0.1) is 43.0 Å². The standard InChI is InChI=1S/C45H46O6/c1-29(46)25-48-31(3)27-50-43-23-11-15-35-37(43)17-9-21-41(35)45(39-19-7-5-13-33(39)34-14-6-8-20-40(34)45)42-22-10-18-38-36(42)16-12-24-44(38)51-28-32(4)49-26-30(2)47/h5-24,29-32,46-47H,25-28H2,1-4H3. The molecule has 0 spiro atoms. The van der Waals surface area contributed by atoms with Gasteiger partial charge in [0.15, 0.2) is 0 Å². The van der Waals surface area contributed by atoms with Gasteiger partial charge in [-0.1, -0.05) is 109 Å². The lowest BCUT2D eigenvalue weighted by Crippen LogP contribution is -2.29. The maximum Gasteiger partial charge on any atom is 0.127 e. The SMILES string of the molecule is CC(O)COC(C)COc1cccc2c(C3(c4cccc5c(OCC(C)OCC(C)O)cccc45)c4ccccc4-c4ccccc43)cccc12. The number of aliphatic hydroxyl groups is 2. The molecule has 0 heterocycles. The van der Waals surface area contributed by atoms with Crippen molar-refractivity contribution in [2.24, 2.45) is 0 Å². The number of rotatable bonds is 14. The Morgan fingerprint density at radius 3 is 1.24 bits per heavy atom. The quantitative estimate of drug-likeness (QED) is 0.120. The van der Waals surface area contributed by atoms with E-state index in [1.54, 1.807) is 13.8 Å². The monoisotopic (exact) mass is 682 g/mol. The Kier molecular flexibility index (Phi) is 10.1. The zero-order chi connectivity index (χ0) is 35.5. The first-order valence-corrected chi connectivity index (χ1v) is 17.9. The lowest BCUT2D eigenvalue weighted by molar-refractivity contribution is -0.0130. The second-order valence-corrected chi connectivity index (χ2v) is 13.8. The molecule has 0 fully saturated rings. The first-order valence-electron chi connectivity index (χ1n) is 17.9. The normalized spacial score (nSPS) is 15.6. The van der Waals surface area contributed by atoms with E-state index in [1.165, 1.54) is 33.4 Å². The van der Waals surface area contributed by atoms with Crippen molar-refractivity contribution in [2.75, 3.05) is 26.4 Å². The van der Waals surface area contributed by atoms with Gasteiger partial charge in [-0.25, -0.2) is 0 Å². The molecule has 4 atom stereocenters. The number of benzene rings is 6. The van der Waals surface area contributed by atoms with Gasteiger partial charge in [0.25, 0.3) is 0 Å². The Morgan fingerprint density at radius 2 is 0.804 bits per heavy atom. The molecular formula is C45H46O6. The van der Waals surface area contributed by atoms with Crippen LogP contribution >= 0.6 is 0 Å². The fraction of sp³-hybridized carbons (Fsp3) is 0.289. The van der Waals surface area contributed by atoms with Gasteiger partial charge in [-0.3, -0.25) is 0 Å². The van der Waals surface area contributed by atoms with Crippen molar-refractivity contribution >= 4 is 21.5 Å². The molecule has 2 N–H and O–H groups in total. The Labute approximate surface area is 300 Å². The van der Waals surface area contributed by atoms with Crippen LogP contribution in [0.25, 0.3) is 32.7 Å². The number of ether oxygens (including phenoxy) is 4. The van der Waals surface area contributed by atoms with E-state index in [0.29, 0.717) is 13.2 Å². The average molecular weight is 683 g/mol. The summed E-state index contributed by atoms with van der Waals surface area (Å²) in [6.07, 6.45) is -1.43. The first-order chi connectivity index (χ1) is 24.8. The molecule has 4 unspecified atom stereocenters. The van der Waals surface area contributed by atoms with Gasteiger partial charge < -0.3 is 29.2 Å². The van der Waals surface area contributed by atoms with Crippen molar-refractivity contribution in [1.82, 2.24) is 0 Å². The predicted octanol–water partition coefficient (Wildman–Crippen LogP) is 8.69. The van der Waals surface area contributed by atoms with Gasteiger partial charge in [-0.05, 0) is 84.0 Å². The second kappa shape index (κ2) is 14.9. The Hall–Kier alpha value is -4.72. The maximum atomic E-state index is 9.70. The van der Waals surface area contributed by atoms with Crippen molar-refractivity contribution in [3.63, 3.8) is 0 Å². The van der Waals surface area contributed by atoms with Crippen LogP contribution in [0.5, 0.6) is 11.5 Å². The highest BCUT2D eigenvalue weighted by Crippen LogP contribution is 2.58. The second-order valence-electron chi connectivity index (χ2n) is 13.8. The molecule has 0 aliphatic heterocycles. The van der Waals surface area contributed by atoms with E-state index in [2.05, 4.69) is 109 Å². The van der Waals surface area contributed by atoms with Crippen molar-refractivity contribution in [1.29, 1.82) is 0 Å². The van der Waals surface area contributed by atoms with Gasteiger partial charge in [0.1, 0.15) is 24.7 Å². The lowest BCUT2D eigenvalue weighted by Gasteiger charge is -2.36. The van der Waals surface area contributed by atoms with Crippen LogP contribution in [0.3, 0.4) is 0 Å². The minimum Gasteiger partial charge on any atom is -0.490 e. The van der Waals surface area contributed by atoms with Gasteiger partial charge in [-0.2, -0.15) is 0 Å². The molecule has 1 aliphatic carbocycles. The minimum atomic E-state index is -0.662. The summed E-state index contributed by atoms with van der Waals surface area (Å²) in [5.74, 6) is 1.58. The van der Waals surface area contributed by atoms with E-state index in [-0.39, 0.29) is 25.4 Å². The van der Waals surface area contributed by atoms with Crippen molar-refractivity contribution in [2.45, 2.75) is 57.5 Å². The van der Waals surface area contributed by atoms with E-state index in [9.17, 15) is 10.2 Å². The summed E-state index contributed by atoms with van der Waals surface area (Å²) in [6, 6.07) is 43.2. The molecule has 6 nitrogen and oxygen atoms in total. The van der Waals surface area contributed by atoms with Crippen LogP contribution in [0.15, 0.2) is 121 Å².